The van der Waals surface area contributed by atoms with Crippen LogP contribution in [0.1, 0.15) is 17.0 Å². The van der Waals surface area contributed by atoms with Gasteiger partial charge in [-0.1, -0.05) is 30.3 Å². The van der Waals surface area contributed by atoms with Gasteiger partial charge in [-0.25, -0.2) is 9.78 Å². The highest BCUT2D eigenvalue weighted by Gasteiger charge is 2.20. The van der Waals surface area contributed by atoms with E-state index >= 15 is 0 Å². The molecule has 2 N–H and O–H groups in total. The normalized spacial score (nSPS) is 11.8. The summed E-state index contributed by atoms with van der Waals surface area (Å²) in [6.45, 7) is 0. The van der Waals surface area contributed by atoms with Crippen LogP contribution >= 0.6 is 11.3 Å². The van der Waals surface area contributed by atoms with Crippen LogP contribution in [0.2, 0.25) is 0 Å². The molecule has 1 aromatic heterocycles. The second-order valence-corrected chi connectivity index (χ2v) is 5.55. The van der Waals surface area contributed by atoms with E-state index < -0.39 is 12.0 Å². The summed E-state index contributed by atoms with van der Waals surface area (Å²) in [5.74, 6) is -1.30. The molecule has 2 aromatic rings. The molecule has 5 nitrogen and oxygen atoms in total. The molecule has 1 aromatic carbocycles. The van der Waals surface area contributed by atoms with Crippen molar-refractivity contribution in [3.8, 4) is 0 Å². The van der Waals surface area contributed by atoms with Gasteiger partial charge in [-0.3, -0.25) is 4.79 Å². The van der Waals surface area contributed by atoms with Gasteiger partial charge >= 0.3 is 5.97 Å². The average molecular weight is 304 g/mol. The third kappa shape index (κ3) is 5.00. The number of aliphatic carboxylic acids is 1. The molecule has 0 saturated heterocycles. The van der Waals surface area contributed by atoms with Crippen molar-refractivity contribution in [3.63, 3.8) is 0 Å². The fourth-order valence-electron chi connectivity index (χ4n) is 1.91. The fraction of sp³-hybridized carbons (Fsp3) is 0.267. The molecular formula is C15H16N2O3S. The number of rotatable bonds is 7. The van der Waals surface area contributed by atoms with Crippen LogP contribution in [0, 0.1) is 0 Å². The van der Waals surface area contributed by atoms with E-state index in [2.05, 4.69) is 10.3 Å². The van der Waals surface area contributed by atoms with Crippen LogP contribution in [0.5, 0.6) is 0 Å². The molecule has 110 valence electrons. The summed E-state index contributed by atoms with van der Waals surface area (Å²) in [6, 6.07) is 8.34. The number of carboxylic acids is 1. The van der Waals surface area contributed by atoms with Crippen LogP contribution in [-0.2, 0) is 22.4 Å². The van der Waals surface area contributed by atoms with Crippen LogP contribution in [0.4, 0.5) is 0 Å². The van der Waals surface area contributed by atoms with E-state index in [1.165, 1.54) is 11.3 Å². The number of thiazole rings is 1. The number of carbonyl (C=O) groups excluding carboxylic acids is 1. The number of amides is 1. The average Bonchev–Trinajstić information content (AvgIpc) is 2.99. The van der Waals surface area contributed by atoms with E-state index in [4.69, 9.17) is 0 Å². The van der Waals surface area contributed by atoms with Crippen LogP contribution < -0.4 is 5.32 Å². The largest absolute Gasteiger partial charge is 0.480 e. The molecule has 0 aliphatic rings. The van der Waals surface area contributed by atoms with Gasteiger partial charge in [0.05, 0.1) is 5.01 Å². The quantitative estimate of drug-likeness (QED) is 0.818. The van der Waals surface area contributed by atoms with Crippen molar-refractivity contribution in [2.75, 3.05) is 0 Å². The van der Waals surface area contributed by atoms with Gasteiger partial charge in [0.15, 0.2) is 0 Å². The predicted octanol–water partition coefficient (Wildman–Crippen LogP) is 1.89. The lowest BCUT2D eigenvalue weighted by atomic mass is 10.1. The number of carboxylic acid groups (broad SMARTS) is 1. The van der Waals surface area contributed by atoms with Gasteiger partial charge in [0.1, 0.15) is 6.04 Å². The summed E-state index contributed by atoms with van der Waals surface area (Å²) in [4.78, 5) is 27.2. The number of hydrogen-bond donors (Lipinski definition) is 2. The number of aromatic nitrogens is 1. The van der Waals surface area contributed by atoms with Crippen molar-refractivity contribution >= 4 is 23.2 Å². The zero-order chi connectivity index (χ0) is 15.1. The minimum absolute atomic E-state index is 0.242. The molecule has 0 saturated carbocycles. The second kappa shape index (κ2) is 7.54. The maximum atomic E-state index is 11.8. The first-order valence-corrected chi connectivity index (χ1v) is 7.47. The molecule has 0 unspecified atom stereocenters. The smallest absolute Gasteiger partial charge is 0.326 e. The van der Waals surface area contributed by atoms with Crippen molar-refractivity contribution in [2.24, 2.45) is 0 Å². The Morgan fingerprint density at radius 3 is 2.67 bits per heavy atom. The topological polar surface area (TPSA) is 79.3 Å². The number of hydrogen-bond acceptors (Lipinski definition) is 4. The summed E-state index contributed by atoms with van der Waals surface area (Å²) in [5, 5.41) is 14.5. The van der Waals surface area contributed by atoms with Gasteiger partial charge in [-0.15, -0.1) is 11.3 Å². The van der Waals surface area contributed by atoms with E-state index in [0.717, 1.165) is 10.6 Å². The molecule has 1 amide bonds. The zero-order valence-electron chi connectivity index (χ0n) is 11.4. The van der Waals surface area contributed by atoms with Crippen LogP contribution in [0.25, 0.3) is 0 Å². The van der Waals surface area contributed by atoms with E-state index in [-0.39, 0.29) is 18.7 Å². The van der Waals surface area contributed by atoms with Gasteiger partial charge < -0.3 is 10.4 Å². The maximum absolute atomic E-state index is 11.8. The third-order valence-corrected chi connectivity index (χ3v) is 3.80. The monoisotopic (exact) mass is 304 g/mol. The Morgan fingerprint density at radius 2 is 2.05 bits per heavy atom. The van der Waals surface area contributed by atoms with E-state index in [0.29, 0.717) is 6.42 Å². The molecule has 0 spiro atoms. The molecule has 1 heterocycles. The molecule has 0 fully saturated rings. The molecular weight excluding hydrogens is 288 g/mol. The Labute approximate surface area is 126 Å². The van der Waals surface area contributed by atoms with E-state index in [1.54, 1.807) is 6.20 Å². The summed E-state index contributed by atoms with van der Waals surface area (Å²) in [7, 11) is 0. The lowest BCUT2D eigenvalue weighted by Gasteiger charge is -2.14. The van der Waals surface area contributed by atoms with Crippen LogP contribution in [-0.4, -0.2) is 28.0 Å². The Bertz CT molecular complexity index is 584. The van der Waals surface area contributed by atoms with Crippen molar-refractivity contribution < 1.29 is 14.7 Å². The van der Waals surface area contributed by atoms with Crippen LogP contribution in [0.3, 0.4) is 0 Å². The first-order chi connectivity index (χ1) is 10.1. The Balaban J connectivity index is 1.87. The van der Waals surface area contributed by atoms with E-state index in [9.17, 15) is 14.7 Å². The van der Waals surface area contributed by atoms with Gasteiger partial charge in [0.25, 0.3) is 0 Å². The molecule has 6 heteroatoms. The first kappa shape index (κ1) is 15.2. The van der Waals surface area contributed by atoms with Gasteiger partial charge in [0.2, 0.25) is 5.91 Å². The Hall–Kier alpha value is -2.21. The fourth-order valence-corrected chi connectivity index (χ4v) is 2.53. The van der Waals surface area contributed by atoms with Gasteiger partial charge in [-0.2, -0.15) is 0 Å². The lowest BCUT2D eigenvalue weighted by molar-refractivity contribution is -0.141. The summed E-state index contributed by atoms with van der Waals surface area (Å²) < 4.78 is 0. The first-order valence-electron chi connectivity index (χ1n) is 6.59. The van der Waals surface area contributed by atoms with Crippen molar-refractivity contribution in [1.29, 1.82) is 0 Å². The highest BCUT2D eigenvalue weighted by Crippen LogP contribution is 2.08. The number of carbonyl (C=O) groups is 2. The highest BCUT2D eigenvalue weighted by atomic mass is 32.1. The van der Waals surface area contributed by atoms with E-state index in [1.807, 2.05) is 35.7 Å². The Kier molecular flexibility index (Phi) is 5.45. The molecule has 0 radical (unpaired) electrons. The molecule has 21 heavy (non-hydrogen) atoms. The van der Waals surface area contributed by atoms with Crippen molar-refractivity contribution in [2.45, 2.75) is 25.3 Å². The molecule has 2 rings (SSSR count). The SMILES string of the molecule is O=C(CCc1nccs1)N[C@@H](Cc1ccccc1)C(=O)O. The zero-order valence-corrected chi connectivity index (χ0v) is 12.2. The van der Waals surface area contributed by atoms with Crippen molar-refractivity contribution in [3.05, 3.63) is 52.5 Å². The minimum Gasteiger partial charge on any atom is -0.480 e. The lowest BCUT2D eigenvalue weighted by Crippen LogP contribution is -2.42. The standard InChI is InChI=1S/C15H16N2O3S/c18-13(6-7-14-16-8-9-21-14)17-12(15(19)20)10-11-4-2-1-3-5-11/h1-5,8-9,12H,6-7,10H2,(H,17,18)(H,19,20)/t12-/m0/s1. The summed E-state index contributed by atoms with van der Waals surface area (Å²) >= 11 is 1.49. The van der Waals surface area contributed by atoms with Gasteiger partial charge in [-0.05, 0) is 5.56 Å². The third-order valence-electron chi connectivity index (χ3n) is 2.97. The minimum atomic E-state index is -1.03. The highest BCUT2D eigenvalue weighted by molar-refractivity contribution is 7.09. The maximum Gasteiger partial charge on any atom is 0.326 e. The van der Waals surface area contributed by atoms with Gasteiger partial charge in [0, 0.05) is 30.8 Å². The van der Waals surface area contributed by atoms with Crippen molar-refractivity contribution in [1.82, 2.24) is 10.3 Å². The molecule has 0 aliphatic carbocycles. The number of nitrogens with one attached hydrogen (secondary N) is 1. The molecule has 1 atom stereocenters. The summed E-state index contributed by atoms with van der Waals surface area (Å²) in [6.07, 6.45) is 2.74. The molecule has 0 bridgehead atoms. The number of aryl methyl sites for hydroxylation is 1. The second-order valence-electron chi connectivity index (χ2n) is 4.57. The Morgan fingerprint density at radius 1 is 1.29 bits per heavy atom. The predicted molar refractivity (Wildman–Crippen MR) is 80.1 cm³/mol. The number of benzene rings is 1. The van der Waals surface area contributed by atoms with Crippen LogP contribution in [0.15, 0.2) is 41.9 Å². The number of nitrogens with zero attached hydrogens (tertiary/aromatic N) is 1. The molecule has 0 aliphatic heterocycles. The summed E-state index contributed by atoms with van der Waals surface area (Å²) in [5.41, 5.74) is 0.880.